The largest absolute Gasteiger partial charge is 0.177 e. The number of allylic oxidation sites excluding steroid dienone is 4. The van der Waals surface area contributed by atoms with Gasteiger partial charge in [-0.2, -0.15) is 0 Å². The molecule has 1 unspecified atom stereocenters. The van der Waals surface area contributed by atoms with Crippen LogP contribution in [0, 0.1) is 26.7 Å². The predicted molar refractivity (Wildman–Crippen MR) is 161 cm³/mol. The molecular weight excluding hydrogens is 453 g/mol. The van der Waals surface area contributed by atoms with Gasteiger partial charge in [-0.05, 0) is 68.6 Å². The average molecular weight is 495 g/mol. The Morgan fingerprint density at radius 3 is 1.51 bits per heavy atom. The third-order valence-electron chi connectivity index (χ3n) is 8.52. The summed E-state index contributed by atoms with van der Waals surface area (Å²) in [5.74, 6) is 0.441. The Bertz CT molecular complexity index is 1300. The van der Waals surface area contributed by atoms with Crippen LogP contribution < -0.4 is 20.7 Å². The highest BCUT2D eigenvalue weighted by atomic mass is 28.3. The number of hydrogen-bond acceptors (Lipinski definition) is 0. The fourth-order valence-electron chi connectivity index (χ4n) is 6.29. The molecule has 35 heavy (non-hydrogen) atoms. The fraction of sp³-hybridized carbons (Fsp3) is 0.333. The molecule has 4 rings (SSSR count). The van der Waals surface area contributed by atoms with Gasteiger partial charge < -0.3 is 0 Å². The van der Waals surface area contributed by atoms with Gasteiger partial charge in [-0.1, -0.05) is 132 Å². The number of aryl methyl sites for hydroxylation is 3. The van der Waals surface area contributed by atoms with Crippen molar-refractivity contribution in [1.82, 2.24) is 0 Å². The molecule has 3 aromatic carbocycles. The van der Waals surface area contributed by atoms with Gasteiger partial charge in [-0.15, -0.1) is 0 Å². The van der Waals surface area contributed by atoms with Crippen molar-refractivity contribution in [3.63, 3.8) is 0 Å². The summed E-state index contributed by atoms with van der Waals surface area (Å²) in [5, 5.41) is 7.90. The van der Waals surface area contributed by atoms with Gasteiger partial charge >= 0.3 is 0 Å². The van der Waals surface area contributed by atoms with Crippen molar-refractivity contribution in [2.75, 3.05) is 0 Å². The Morgan fingerprint density at radius 2 is 1.09 bits per heavy atom. The van der Waals surface area contributed by atoms with E-state index in [9.17, 15) is 0 Å². The molecule has 1 atom stereocenters. The van der Waals surface area contributed by atoms with E-state index >= 15 is 0 Å². The molecule has 1 aliphatic carbocycles. The van der Waals surface area contributed by atoms with Crippen LogP contribution in [0.4, 0.5) is 0 Å². The second-order valence-electron chi connectivity index (χ2n) is 11.8. The lowest BCUT2D eigenvalue weighted by Gasteiger charge is -2.41. The summed E-state index contributed by atoms with van der Waals surface area (Å²) >= 11 is 0. The Balaban J connectivity index is 2.28. The van der Waals surface area contributed by atoms with E-state index in [0.29, 0.717) is 5.92 Å². The average Bonchev–Trinajstić information content (AvgIpc) is 2.99. The first-order valence-electron chi connectivity index (χ1n) is 13.0. The standard InChI is InChI=1S/C33H42Si2/c1-22-19-29(34(8,9)10)21-30(20-22)35(31-17-13-11-15-23(31)2,32-18-14-12-16-24(32)3)33-27(6)25(4)26(5)28(33)7/h11-21,27H,1-10H3. The Kier molecular flexibility index (Phi) is 6.76. The lowest BCUT2D eigenvalue weighted by Crippen LogP contribution is -2.71. The molecule has 2 heteroatoms. The molecule has 0 nitrogen and oxygen atoms in total. The Labute approximate surface area is 215 Å². The van der Waals surface area contributed by atoms with Crippen LogP contribution in [0.3, 0.4) is 0 Å². The Morgan fingerprint density at radius 1 is 0.600 bits per heavy atom. The van der Waals surface area contributed by atoms with Crippen LogP contribution in [0.25, 0.3) is 0 Å². The van der Waals surface area contributed by atoms with E-state index < -0.39 is 16.1 Å². The highest BCUT2D eigenvalue weighted by Gasteiger charge is 2.49. The summed E-state index contributed by atoms with van der Waals surface area (Å²) in [4.78, 5) is 0. The van der Waals surface area contributed by atoms with Crippen LogP contribution in [0.1, 0.15) is 44.4 Å². The van der Waals surface area contributed by atoms with Crippen LogP contribution >= 0.6 is 0 Å². The maximum absolute atomic E-state index is 2.63. The van der Waals surface area contributed by atoms with Crippen molar-refractivity contribution >= 4 is 36.9 Å². The molecule has 0 saturated carbocycles. The van der Waals surface area contributed by atoms with Crippen molar-refractivity contribution in [2.24, 2.45) is 5.92 Å². The van der Waals surface area contributed by atoms with Gasteiger partial charge in [0.1, 0.15) is 0 Å². The van der Waals surface area contributed by atoms with Gasteiger partial charge in [0.15, 0.2) is 8.07 Å². The lowest BCUT2D eigenvalue weighted by atomic mass is 10.1. The molecule has 0 radical (unpaired) electrons. The molecule has 0 fully saturated rings. The molecule has 0 saturated heterocycles. The number of rotatable bonds is 5. The van der Waals surface area contributed by atoms with Gasteiger partial charge in [0.25, 0.3) is 0 Å². The minimum Gasteiger partial charge on any atom is -0.0656 e. The molecule has 0 heterocycles. The smallest absolute Gasteiger partial charge is 0.0656 e. The molecule has 1 aliphatic rings. The van der Waals surface area contributed by atoms with Crippen molar-refractivity contribution in [1.29, 1.82) is 0 Å². The molecule has 0 aromatic heterocycles. The van der Waals surface area contributed by atoms with Crippen LogP contribution in [-0.4, -0.2) is 16.1 Å². The van der Waals surface area contributed by atoms with Gasteiger partial charge in [-0.25, -0.2) is 0 Å². The first-order valence-corrected chi connectivity index (χ1v) is 18.5. The quantitative estimate of drug-likeness (QED) is 0.282. The maximum Gasteiger partial charge on any atom is 0.177 e. The maximum atomic E-state index is 2.63. The molecule has 3 aromatic rings. The second-order valence-corrected chi connectivity index (χ2v) is 20.6. The van der Waals surface area contributed by atoms with Crippen molar-refractivity contribution in [2.45, 2.75) is 68.1 Å². The Hall–Kier alpha value is -2.43. The summed E-state index contributed by atoms with van der Waals surface area (Å²) in [5.41, 5.74) is 8.76. The zero-order valence-electron chi connectivity index (χ0n) is 23.4. The van der Waals surface area contributed by atoms with Crippen LogP contribution in [0.5, 0.6) is 0 Å². The van der Waals surface area contributed by atoms with E-state index in [4.69, 9.17) is 0 Å². The van der Waals surface area contributed by atoms with Crippen molar-refractivity contribution in [3.05, 3.63) is 105 Å². The summed E-state index contributed by atoms with van der Waals surface area (Å²) < 4.78 is 0. The molecule has 0 spiro atoms. The zero-order chi connectivity index (χ0) is 25.7. The van der Waals surface area contributed by atoms with Crippen LogP contribution in [0.15, 0.2) is 88.6 Å². The summed E-state index contributed by atoms with van der Waals surface area (Å²) in [6, 6.07) is 26.1. The van der Waals surface area contributed by atoms with E-state index in [2.05, 4.69) is 135 Å². The topological polar surface area (TPSA) is 0 Å². The molecular formula is C33H42Si2. The molecule has 0 amide bonds. The van der Waals surface area contributed by atoms with Crippen LogP contribution in [0.2, 0.25) is 19.6 Å². The summed E-state index contributed by atoms with van der Waals surface area (Å²) in [6.45, 7) is 23.9. The third kappa shape index (κ3) is 4.15. The lowest BCUT2D eigenvalue weighted by molar-refractivity contribution is 0.851. The normalized spacial score (nSPS) is 16.9. The predicted octanol–water partition coefficient (Wildman–Crippen LogP) is 6.47. The molecule has 0 aliphatic heterocycles. The van der Waals surface area contributed by atoms with Gasteiger partial charge in [0, 0.05) is 0 Å². The van der Waals surface area contributed by atoms with Gasteiger partial charge in [-0.3, -0.25) is 0 Å². The van der Waals surface area contributed by atoms with Gasteiger partial charge in [0.05, 0.1) is 8.07 Å². The summed E-state index contributed by atoms with van der Waals surface area (Å²) in [7, 11) is -4.08. The van der Waals surface area contributed by atoms with Crippen LogP contribution in [-0.2, 0) is 0 Å². The van der Waals surface area contributed by atoms with Crippen molar-refractivity contribution in [3.8, 4) is 0 Å². The van der Waals surface area contributed by atoms with E-state index in [1.54, 1.807) is 25.9 Å². The third-order valence-corrected chi connectivity index (χ3v) is 16.0. The minimum absolute atomic E-state index is 0.441. The monoisotopic (exact) mass is 494 g/mol. The minimum atomic E-state index is -2.57. The highest BCUT2D eigenvalue weighted by molar-refractivity contribution is 7.17. The number of hydrogen-bond donors (Lipinski definition) is 0. The molecule has 182 valence electrons. The van der Waals surface area contributed by atoms with E-state index in [0.717, 1.165) is 0 Å². The SMILES string of the molecule is CC1=C(C)C(C)C([Si](c2cc(C)cc([Si](C)(C)C)c2)(c2ccccc2C)c2ccccc2C)=C1C. The molecule has 0 N–H and O–H groups in total. The van der Waals surface area contributed by atoms with E-state index in [1.165, 1.54) is 33.4 Å². The van der Waals surface area contributed by atoms with E-state index in [-0.39, 0.29) is 0 Å². The fourth-order valence-corrected chi connectivity index (χ4v) is 14.0. The van der Waals surface area contributed by atoms with Crippen molar-refractivity contribution < 1.29 is 0 Å². The highest BCUT2D eigenvalue weighted by Crippen LogP contribution is 2.41. The zero-order valence-corrected chi connectivity index (χ0v) is 25.4. The first-order chi connectivity index (χ1) is 16.4. The van der Waals surface area contributed by atoms with Gasteiger partial charge in [0.2, 0.25) is 0 Å². The van der Waals surface area contributed by atoms with E-state index in [1.807, 2.05) is 0 Å². The first kappa shape index (κ1) is 25.7. The second kappa shape index (κ2) is 9.22. The summed E-state index contributed by atoms with van der Waals surface area (Å²) in [6.07, 6.45) is 0. The molecule has 0 bridgehead atoms. The number of benzene rings is 3.